The zero-order valence-corrected chi connectivity index (χ0v) is 12.3. The lowest BCUT2D eigenvalue weighted by atomic mass is 10.0. The summed E-state index contributed by atoms with van der Waals surface area (Å²) in [5.41, 5.74) is 6.47. The van der Waals surface area contributed by atoms with Crippen LogP contribution in [0.5, 0.6) is 5.75 Å². The van der Waals surface area contributed by atoms with Crippen LogP contribution >= 0.6 is 28.3 Å². The Morgan fingerprint density at radius 1 is 1.37 bits per heavy atom. The van der Waals surface area contributed by atoms with Crippen LogP contribution in [0, 0.1) is 0 Å². The molecule has 0 amide bonds. The van der Waals surface area contributed by atoms with Gasteiger partial charge in [-0.1, -0.05) is 22.0 Å². The first-order valence-electron chi connectivity index (χ1n) is 5.24. The number of hydrogen-bond acceptors (Lipinski definition) is 2. The van der Waals surface area contributed by atoms with Gasteiger partial charge in [0.05, 0.1) is 0 Å². The molecule has 7 heteroatoms. The molecule has 0 spiro atoms. The molecule has 0 radical (unpaired) electrons. The van der Waals surface area contributed by atoms with E-state index in [-0.39, 0.29) is 24.2 Å². The second-order valence-corrected chi connectivity index (χ2v) is 4.66. The molecule has 1 atom stereocenters. The van der Waals surface area contributed by atoms with Crippen LogP contribution in [0.25, 0.3) is 0 Å². The molecule has 0 bridgehead atoms. The summed E-state index contributed by atoms with van der Waals surface area (Å²) < 4.78 is 40.7. The van der Waals surface area contributed by atoms with Gasteiger partial charge in [-0.15, -0.1) is 32.2 Å². The molecule has 0 unspecified atom stereocenters. The zero-order valence-electron chi connectivity index (χ0n) is 9.91. The molecule has 108 valence electrons. The Kier molecular flexibility index (Phi) is 7.47. The lowest BCUT2D eigenvalue weighted by molar-refractivity contribution is -0.274. The summed E-state index contributed by atoms with van der Waals surface area (Å²) in [7, 11) is 0. The van der Waals surface area contributed by atoms with Crippen LogP contribution in [0.3, 0.4) is 0 Å². The summed E-state index contributed by atoms with van der Waals surface area (Å²) in [6.45, 7) is 3.57. The van der Waals surface area contributed by atoms with E-state index in [0.717, 1.165) is 0 Å². The molecule has 0 aliphatic carbocycles. The summed E-state index contributed by atoms with van der Waals surface area (Å²) in [5, 5.41) is 0. The quantitative estimate of drug-likeness (QED) is 0.770. The predicted octanol–water partition coefficient (Wildman–Crippen LogP) is 4.74. The number of ether oxygens (including phenoxy) is 1. The highest BCUT2D eigenvalue weighted by Gasteiger charge is 2.31. The lowest BCUT2D eigenvalue weighted by Crippen LogP contribution is -2.18. The van der Waals surface area contributed by atoms with Gasteiger partial charge in [0.2, 0.25) is 0 Å². The highest BCUT2D eigenvalue weighted by atomic mass is 79.9. The van der Waals surface area contributed by atoms with Gasteiger partial charge in [0.15, 0.2) is 0 Å². The Hall–Kier alpha value is -0.720. The van der Waals surface area contributed by atoms with Gasteiger partial charge < -0.3 is 10.5 Å². The third kappa shape index (κ3) is 6.84. The molecule has 0 aliphatic rings. The summed E-state index contributed by atoms with van der Waals surface area (Å²) in [6.07, 6.45) is -1.68. The number of nitrogens with two attached hydrogens (primary N) is 1. The smallest absolute Gasteiger partial charge is 0.406 e. The molecule has 0 saturated carbocycles. The fourth-order valence-corrected chi connectivity index (χ4v) is 1.95. The highest BCUT2D eigenvalue weighted by molar-refractivity contribution is 9.10. The number of hydrogen-bond donors (Lipinski definition) is 1. The van der Waals surface area contributed by atoms with Gasteiger partial charge in [-0.2, -0.15) is 0 Å². The number of halogens is 5. The average Bonchev–Trinajstić information content (AvgIpc) is 2.22. The van der Waals surface area contributed by atoms with Gasteiger partial charge in [0.1, 0.15) is 5.75 Å². The first kappa shape index (κ1) is 18.3. The molecule has 19 heavy (non-hydrogen) atoms. The van der Waals surface area contributed by atoms with Crippen LogP contribution in [0.1, 0.15) is 24.4 Å². The van der Waals surface area contributed by atoms with E-state index in [9.17, 15) is 13.2 Å². The molecule has 0 aliphatic heterocycles. The average molecular weight is 361 g/mol. The fourth-order valence-electron chi connectivity index (χ4n) is 1.46. The van der Waals surface area contributed by atoms with Crippen LogP contribution in [0.4, 0.5) is 13.2 Å². The van der Waals surface area contributed by atoms with Gasteiger partial charge in [-0.3, -0.25) is 0 Å². The first-order valence-corrected chi connectivity index (χ1v) is 6.04. The maximum Gasteiger partial charge on any atom is 0.573 e. The minimum atomic E-state index is -4.71. The van der Waals surface area contributed by atoms with Crippen LogP contribution < -0.4 is 10.5 Å². The highest BCUT2D eigenvalue weighted by Crippen LogP contribution is 2.30. The monoisotopic (exact) mass is 359 g/mol. The Bertz CT molecular complexity index is 426. The van der Waals surface area contributed by atoms with Crippen molar-refractivity contribution in [2.75, 3.05) is 0 Å². The maximum absolute atomic E-state index is 12.1. The molecule has 0 fully saturated rings. The van der Waals surface area contributed by atoms with Crippen molar-refractivity contribution in [3.8, 4) is 5.75 Å². The molecule has 2 N–H and O–H groups in total. The van der Waals surface area contributed by atoms with Gasteiger partial charge >= 0.3 is 6.36 Å². The minimum absolute atomic E-state index is 0. The molecule has 0 saturated heterocycles. The number of alkyl halides is 3. The van der Waals surface area contributed by atoms with Crippen LogP contribution in [0.2, 0.25) is 0 Å². The van der Waals surface area contributed by atoms with E-state index in [0.29, 0.717) is 22.9 Å². The first-order chi connectivity index (χ1) is 8.31. The SMILES string of the molecule is C=CCC[C@@H](N)c1cc(Br)cc(OC(F)(F)F)c1.Cl. The minimum Gasteiger partial charge on any atom is -0.406 e. The Balaban J connectivity index is 0.00000324. The fraction of sp³-hybridized carbons (Fsp3) is 0.333. The van der Waals surface area contributed by atoms with Crippen LogP contribution in [0.15, 0.2) is 35.3 Å². The molecular weight excluding hydrogens is 346 g/mol. The number of allylic oxidation sites excluding steroid dienone is 1. The normalized spacial score (nSPS) is 12.5. The van der Waals surface area contributed by atoms with E-state index in [1.165, 1.54) is 12.1 Å². The van der Waals surface area contributed by atoms with Gasteiger partial charge in [-0.25, -0.2) is 0 Å². The third-order valence-corrected chi connectivity index (χ3v) is 2.69. The van der Waals surface area contributed by atoms with Gasteiger partial charge in [0, 0.05) is 10.5 Å². The number of rotatable bonds is 5. The molecule has 1 aromatic rings. The van der Waals surface area contributed by atoms with E-state index in [1.807, 2.05) is 0 Å². The van der Waals surface area contributed by atoms with Crippen molar-refractivity contribution >= 4 is 28.3 Å². The zero-order chi connectivity index (χ0) is 13.8. The Morgan fingerprint density at radius 3 is 2.53 bits per heavy atom. The molecular formula is C12H14BrClF3NO. The van der Waals surface area contributed by atoms with Gasteiger partial charge in [-0.05, 0) is 36.6 Å². The number of benzene rings is 1. The van der Waals surface area contributed by atoms with E-state index in [2.05, 4.69) is 27.2 Å². The predicted molar refractivity (Wildman–Crippen MR) is 74.4 cm³/mol. The van der Waals surface area contributed by atoms with Crippen molar-refractivity contribution in [3.05, 3.63) is 40.9 Å². The lowest BCUT2D eigenvalue weighted by Gasteiger charge is -2.14. The van der Waals surface area contributed by atoms with Crippen molar-refractivity contribution in [1.82, 2.24) is 0 Å². The van der Waals surface area contributed by atoms with E-state index in [4.69, 9.17) is 5.73 Å². The Labute approximate surface area is 124 Å². The third-order valence-electron chi connectivity index (χ3n) is 2.24. The van der Waals surface area contributed by atoms with Gasteiger partial charge in [0.25, 0.3) is 0 Å². The van der Waals surface area contributed by atoms with E-state index >= 15 is 0 Å². The van der Waals surface area contributed by atoms with Crippen LogP contribution in [-0.2, 0) is 0 Å². The second-order valence-electron chi connectivity index (χ2n) is 3.74. The Morgan fingerprint density at radius 2 is 2.00 bits per heavy atom. The molecule has 0 aromatic heterocycles. The summed E-state index contributed by atoms with van der Waals surface area (Å²) >= 11 is 3.13. The summed E-state index contributed by atoms with van der Waals surface area (Å²) in [6, 6.07) is 3.87. The summed E-state index contributed by atoms with van der Waals surface area (Å²) in [5.74, 6) is -0.277. The van der Waals surface area contributed by atoms with Crippen molar-refractivity contribution in [2.45, 2.75) is 25.2 Å². The van der Waals surface area contributed by atoms with E-state index < -0.39 is 6.36 Å². The van der Waals surface area contributed by atoms with Crippen molar-refractivity contribution in [3.63, 3.8) is 0 Å². The van der Waals surface area contributed by atoms with Crippen molar-refractivity contribution < 1.29 is 17.9 Å². The standard InChI is InChI=1S/C12H13BrF3NO.ClH/c1-2-3-4-11(17)8-5-9(13)7-10(6-8)18-12(14,15)16;/h2,5-7,11H,1,3-4,17H2;1H/t11-;/m1./s1. The largest absolute Gasteiger partial charge is 0.573 e. The van der Waals surface area contributed by atoms with Crippen molar-refractivity contribution in [2.24, 2.45) is 5.73 Å². The molecule has 1 aromatic carbocycles. The van der Waals surface area contributed by atoms with E-state index in [1.54, 1.807) is 12.1 Å². The maximum atomic E-state index is 12.1. The molecule has 2 nitrogen and oxygen atoms in total. The summed E-state index contributed by atoms with van der Waals surface area (Å²) in [4.78, 5) is 0. The van der Waals surface area contributed by atoms with Crippen LogP contribution in [-0.4, -0.2) is 6.36 Å². The van der Waals surface area contributed by atoms with Crippen molar-refractivity contribution in [1.29, 1.82) is 0 Å². The molecule has 1 rings (SSSR count). The molecule has 0 heterocycles. The second kappa shape index (κ2) is 7.77. The topological polar surface area (TPSA) is 35.2 Å².